The molecule has 0 radical (unpaired) electrons. The quantitative estimate of drug-likeness (QED) is 0.643. The van der Waals surface area contributed by atoms with E-state index in [0.717, 1.165) is 16.4 Å². The highest BCUT2D eigenvalue weighted by Gasteiger charge is 2.08. The normalized spacial score (nSPS) is 9.88. The van der Waals surface area contributed by atoms with Crippen LogP contribution in [0.5, 0.6) is 0 Å². The number of benzene rings is 1. The summed E-state index contributed by atoms with van der Waals surface area (Å²) in [5.74, 6) is 0. The molecule has 86 valence electrons. The highest BCUT2D eigenvalue weighted by atomic mass is 79.9. The van der Waals surface area contributed by atoms with E-state index >= 15 is 0 Å². The minimum absolute atomic E-state index is 0.0791. The predicted molar refractivity (Wildman–Crippen MR) is 69.0 cm³/mol. The Morgan fingerprint density at radius 2 is 2.25 bits per heavy atom. The first-order valence-corrected chi connectivity index (χ1v) is 5.73. The van der Waals surface area contributed by atoms with Gasteiger partial charge in [0.25, 0.3) is 0 Å². The lowest BCUT2D eigenvalue weighted by atomic mass is 10.2. The molecule has 0 amide bonds. The molecule has 0 aliphatic carbocycles. The number of anilines is 1. The van der Waals surface area contributed by atoms with Gasteiger partial charge in [-0.3, -0.25) is 4.79 Å². The number of hydrogen-bond donors (Lipinski definition) is 1. The highest BCUT2D eigenvalue weighted by molar-refractivity contribution is 9.10. The topological polar surface area (TPSA) is 40.5 Å². The van der Waals surface area contributed by atoms with E-state index in [9.17, 15) is 4.79 Å². The lowest BCUT2D eigenvalue weighted by molar-refractivity contribution is 0.112. The third-order valence-corrected chi connectivity index (χ3v) is 2.80. The third kappa shape index (κ3) is 3.18. The number of carbonyl (C=O) groups excluding carboxylic acids is 1. The predicted octanol–water partition coefficient (Wildman–Crippen LogP) is 2.25. The minimum Gasteiger partial charge on any atom is -0.395 e. The van der Waals surface area contributed by atoms with Crippen LogP contribution >= 0.6 is 15.9 Å². The lowest BCUT2D eigenvalue weighted by Crippen LogP contribution is -2.26. The van der Waals surface area contributed by atoms with Crippen molar-refractivity contribution in [1.29, 1.82) is 0 Å². The van der Waals surface area contributed by atoms with Gasteiger partial charge in [0.05, 0.1) is 12.3 Å². The molecule has 1 aromatic carbocycles. The smallest absolute Gasteiger partial charge is 0.150 e. The van der Waals surface area contributed by atoms with E-state index in [1.807, 2.05) is 11.0 Å². The fraction of sp³-hybridized carbons (Fsp3) is 0.250. The summed E-state index contributed by atoms with van der Waals surface area (Å²) >= 11 is 3.41. The number of halogens is 1. The number of hydrogen-bond acceptors (Lipinski definition) is 3. The number of nitrogens with zero attached hydrogens (tertiary/aromatic N) is 1. The second kappa shape index (κ2) is 6.45. The number of aliphatic hydroxyl groups is 1. The molecule has 1 aromatic rings. The van der Waals surface area contributed by atoms with Gasteiger partial charge in [0.2, 0.25) is 0 Å². The Labute approximate surface area is 104 Å². The van der Waals surface area contributed by atoms with E-state index in [1.54, 1.807) is 18.2 Å². The molecule has 0 atom stereocenters. The van der Waals surface area contributed by atoms with Crippen LogP contribution in [0.2, 0.25) is 0 Å². The van der Waals surface area contributed by atoms with E-state index in [4.69, 9.17) is 5.11 Å². The van der Waals surface area contributed by atoms with Crippen LogP contribution in [0.3, 0.4) is 0 Å². The zero-order valence-corrected chi connectivity index (χ0v) is 10.5. The maximum atomic E-state index is 10.6. The van der Waals surface area contributed by atoms with Crippen molar-refractivity contribution in [2.45, 2.75) is 0 Å². The van der Waals surface area contributed by atoms with Gasteiger partial charge in [-0.25, -0.2) is 0 Å². The van der Waals surface area contributed by atoms with Gasteiger partial charge < -0.3 is 10.0 Å². The lowest BCUT2D eigenvalue weighted by Gasteiger charge is -2.23. The zero-order valence-electron chi connectivity index (χ0n) is 8.90. The molecule has 0 fully saturated rings. The number of rotatable bonds is 6. The van der Waals surface area contributed by atoms with Crippen LogP contribution in [0.4, 0.5) is 5.69 Å². The highest BCUT2D eigenvalue weighted by Crippen LogP contribution is 2.26. The van der Waals surface area contributed by atoms with Crippen molar-refractivity contribution in [2.24, 2.45) is 0 Å². The van der Waals surface area contributed by atoms with Gasteiger partial charge in [0.1, 0.15) is 6.29 Å². The van der Waals surface area contributed by atoms with E-state index in [0.29, 0.717) is 18.7 Å². The Bertz CT molecular complexity index is 379. The Kier molecular flexibility index (Phi) is 5.22. The average molecular weight is 284 g/mol. The van der Waals surface area contributed by atoms with Gasteiger partial charge in [-0.2, -0.15) is 0 Å². The van der Waals surface area contributed by atoms with Gasteiger partial charge in [-0.05, 0) is 34.1 Å². The van der Waals surface area contributed by atoms with Crippen LogP contribution < -0.4 is 4.90 Å². The Hall–Kier alpha value is -1.13. The summed E-state index contributed by atoms with van der Waals surface area (Å²) in [7, 11) is 0. The second-order valence-electron chi connectivity index (χ2n) is 3.29. The fourth-order valence-corrected chi connectivity index (χ4v) is 2.09. The molecule has 16 heavy (non-hydrogen) atoms. The maximum absolute atomic E-state index is 10.6. The van der Waals surface area contributed by atoms with Gasteiger partial charge >= 0.3 is 0 Å². The first-order chi connectivity index (χ1) is 7.72. The van der Waals surface area contributed by atoms with E-state index in [2.05, 4.69) is 22.5 Å². The molecule has 1 rings (SSSR count). The van der Waals surface area contributed by atoms with Crippen LogP contribution in [-0.2, 0) is 0 Å². The maximum Gasteiger partial charge on any atom is 0.150 e. The Morgan fingerprint density at radius 3 is 2.75 bits per heavy atom. The summed E-state index contributed by atoms with van der Waals surface area (Å²) < 4.78 is 0.840. The number of aldehydes is 1. The van der Waals surface area contributed by atoms with Gasteiger partial charge in [-0.15, -0.1) is 6.58 Å². The first kappa shape index (κ1) is 12.9. The molecule has 0 saturated heterocycles. The SMILES string of the molecule is C=CCN(CCO)c1ccc(C=O)cc1Br. The Balaban J connectivity index is 2.99. The molecule has 0 unspecified atom stereocenters. The van der Waals surface area contributed by atoms with Crippen LogP contribution in [0, 0.1) is 0 Å². The number of aliphatic hydroxyl groups excluding tert-OH is 1. The fourth-order valence-electron chi connectivity index (χ4n) is 1.44. The van der Waals surface area contributed by atoms with E-state index in [-0.39, 0.29) is 6.61 Å². The van der Waals surface area contributed by atoms with Crippen LogP contribution in [0.1, 0.15) is 10.4 Å². The van der Waals surface area contributed by atoms with Crippen molar-refractivity contribution in [3.63, 3.8) is 0 Å². The third-order valence-electron chi connectivity index (χ3n) is 2.17. The molecule has 3 nitrogen and oxygen atoms in total. The van der Waals surface area contributed by atoms with E-state index < -0.39 is 0 Å². The second-order valence-corrected chi connectivity index (χ2v) is 4.14. The summed E-state index contributed by atoms with van der Waals surface area (Å²) in [5, 5.41) is 8.97. The van der Waals surface area contributed by atoms with Gasteiger partial charge in [0.15, 0.2) is 0 Å². The molecule has 1 N–H and O–H groups in total. The summed E-state index contributed by atoms with van der Waals surface area (Å²) in [5.41, 5.74) is 1.57. The van der Waals surface area contributed by atoms with Crippen molar-refractivity contribution in [3.05, 3.63) is 40.9 Å². The standard InChI is InChI=1S/C12H14BrNO2/c1-2-5-14(6-7-15)12-4-3-10(9-16)8-11(12)13/h2-4,8-9,15H,1,5-7H2. The van der Waals surface area contributed by atoms with Crippen molar-refractivity contribution in [1.82, 2.24) is 0 Å². The molecular formula is C12H14BrNO2. The molecule has 0 heterocycles. The number of carbonyl (C=O) groups is 1. The molecule has 0 aromatic heterocycles. The largest absolute Gasteiger partial charge is 0.395 e. The zero-order chi connectivity index (χ0) is 12.0. The van der Waals surface area contributed by atoms with Crippen LogP contribution in [-0.4, -0.2) is 31.1 Å². The molecule has 0 bridgehead atoms. The molecule has 4 heteroatoms. The van der Waals surface area contributed by atoms with E-state index in [1.165, 1.54) is 0 Å². The molecule has 0 spiro atoms. The summed E-state index contributed by atoms with van der Waals surface area (Å²) in [4.78, 5) is 12.6. The van der Waals surface area contributed by atoms with Crippen molar-refractivity contribution < 1.29 is 9.90 Å². The molecular weight excluding hydrogens is 270 g/mol. The minimum atomic E-state index is 0.0791. The molecule has 0 aliphatic rings. The first-order valence-electron chi connectivity index (χ1n) is 4.94. The van der Waals surface area contributed by atoms with Crippen LogP contribution in [0.25, 0.3) is 0 Å². The van der Waals surface area contributed by atoms with Crippen LogP contribution in [0.15, 0.2) is 35.3 Å². The van der Waals surface area contributed by atoms with Crippen molar-refractivity contribution >= 4 is 27.9 Å². The summed E-state index contributed by atoms with van der Waals surface area (Å²) in [6, 6.07) is 5.36. The summed E-state index contributed by atoms with van der Waals surface area (Å²) in [6.45, 7) is 4.94. The van der Waals surface area contributed by atoms with Gasteiger partial charge in [-0.1, -0.05) is 6.08 Å². The Morgan fingerprint density at radius 1 is 1.50 bits per heavy atom. The summed E-state index contributed by atoms with van der Waals surface area (Å²) in [6.07, 6.45) is 2.58. The van der Waals surface area contributed by atoms with Crippen molar-refractivity contribution in [2.75, 3.05) is 24.6 Å². The van der Waals surface area contributed by atoms with Gasteiger partial charge in [0, 0.05) is 23.1 Å². The molecule has 0 aliphatic heterocycles. The average Bonchev–Trinajstić information content (AvgIpc) is 2.29. The molecule has 0 saturated carbocycles. The monoisotopic (exact) mass is 283 g/mol. The van der Waals surface area contributed by atoms with Crippen molar-refractivity contribution in [3.8, 4) is 0 Å².